The van der Waals surface area contributed by atoms with E-state index in [0.29, 0.717) is 11.6 Å². The van der Waals surface area contributed by atoms with E-state index >= 15 is 0 Å². The molecule has 1 N–H and O–H groups in total. The molecule has 2 atom stereocenters. The van der Waals surface area contributed by atoms with Crippen LogP contribution in [0.3, 0.4) is 0 Å². The third-order valence-electron chi connectivity index (χ3n) is 5.57. The molecule has 136 valence electrons. The second kappa shape index (κ2) is 6.32. The second-order valence-electron chi connectivity index (χ2n) is 8.24. The molecule has 0 bridgehead atoms. The molecule has 1 aliphatic carbocycles. The molecule has 2 unspecified atom stereocenters. The monoisotopic (exact) mass is 344 g/mol. The third-order valence-corrected chi connectivity index (χ3v) is 5.57. The fourth-order valence-corrected chi connectivity index (χ4v) is 3.61. The summed E-state index contributed by atoms with van der Waals surface area (Å²) in [6.45, 7) is 10.7. The van der Waals surface area contributed by atoms with Crippen molar-refractivity contribution < 1.29 is 9.32 Å². The molecule has 2 heterocycles. The van der Waals surface area contributed by atoms with Crippen LogP contribution in [0.5, 0.6) is 0 Å². The van der Waals surface area contributed by atoms with Gasteiger partial charge >= 0.3 is 0 Å². The van der Waals surface area contributed by atoms with Crippen LogP contribution < -0.4 is 5.32 Å². The zero-order valence-electron chi connectivity index (χ0n) is 16.0. The van der Waals surface area contributed by atoms with E-state index in [2.05, 4.69) is 36.3 Å². The SMILES string of the molecule is Cc1c(C(C)NC(=O)c2noc3c2CC(C(C)(C)C)CC3)cnn1C. The van der Waals surface area contributed by atoms with Gasteiger partial charge in [-0.15, -0.1) is 0 Å². The lowest BCUT2D eigenvalue weighted by Crippen LogP contribution is -2.30. The van der Waals surface area contributed by atoms with Crippen LogP contribution >= 0.6 is 0 Å². The summed E-state index contributed by atoms with van der Waals surface area (Å²) in [5.41, 5.74) is 3.70. The van der Waals surface area contributed by atoms with Crippen molar-refractivity contribution in [1.82, 2.24) is 20.3 Å². The molecule has 0 aliphatic heterocycles. The summed E-state index contributed by atoms with van der Waals surface area (Å²) in [6.07, 6.45) is 4.59. The Bertz CT molecular complexity index is 782. The minimum atomic E-state index is -0.171. The van der Waals surface area contributed by atoms with Crippen LogP contribution in [0, 0.1) is 18.3 Å². The van der Waals surface area contributed by atoms with E-state index in [9.17, 15) is 4.79 Å². The van der Waals surface area contributed by atoms with Crippen molar-refractivity contribution in [3.8, 4) is 0 Å². The van der Waals surface area contributed by atoms with Gasteiger partial charge in [0.15, 0.2) is 5.69 Å². The van der Waals surface area contributed by atoms with Crippen LogP contribution in [0.15, 0.2) is 10.7 Å². The Kier molecular flexibility index (Phi) is 4.47. The van der Waals surface area contributed by atoms with Gasteiger partial charge in [-0.1, -0.05) is 25.9 Å². The van der Waals surface area contributed by atoms with Gasteiger partial charge in [0.2, 0.25) is 0 Å². The van der Waals surface area contributed by atoms with Gasteiger partial charge in [0, 0.05) is 30.3 Å². The fourth-order valence-electron chi connectivity index (χ4n) is 3.61. The minimum absolute atomic E-state index is 0.129. The van der Waals surface area contributed by atoms with Gasteiger partial charge in [0.1, 0.15) is 5.76 Å². The molecular weight excluding hydrogens is 316 g/mol. The maximum absolute atomic E-state index is 12.8. The van der Waals surface area contributed by atoms with Crippen molar-refractivity contribution in [2.24, 2.45) is 18.4 Å². The summed E-state index contributed by atoms with van der Waals surface area (Å²) >= 11 is 0. The van der Waals surface area contributed by atoms with Crippen molar-refractivity contribution in [2.45, 2.75) is 59.9 Å². The van der Waals surface area contributed by atoms with Crippen molar-refractivity contribution >= 4 is 5.91 Å². The first-order valence-electron chi connectivity index (χ1n) is 8.95. The zero-order chi connectivity index (χ0) is 18.4. The van der Waals surface area contributed by atoms with Gasteiger partial charge in [-0.3, -0.25) is 9.48 Å². The molecule has 0 radical (unpaired) electrons. The molecule has 1 amide bonds. The van der Waals surface area contributed by atoms with Crippen molar-refractivity contribution in [3.63, 3.8) is 0 Å². The molecule has 6 nitrogen and oxygen atoms in total. The molecule has 2 aromatic heterocycles. The van der Waals surface area contributed by atoms with Gasteiger partial charge in [0.05, 0.1) is 12.2 Å². The van der Waals surface area contributed by atoms with Gasteiger partial charge in [-0.05, 0) is 38.0 Å². The maximum atomic E-state index is 12.8. The minimum Gasteiger partial charge on any atom is -0.360 e. The lowest BCUT2D eigenvalue weighted by Gasteiger charge is -2.33. The third kappa shape index (κ3) is 3.34. The summed E-state index contributed by atoms with van der Waals surface area (Å²) in [6, 6.07) is -0.129. The van der Waals surface area contributed by atoms with E-state index in [4.69, 9.17) is 4.52 Å². The van der Waals surface area contributed by atoms with E-state index in [-0.39, 0.29) is 17.4 Å². The van der Waals surface area contributed by atoms with E-state index in [1.165, 1.54) is 0 Å². The first-order valence-corrected chi connectivity index (χ1v) is 8.95. The molecule has 0 saturated carbocycles. The highest BCUT2D eigenvalue weighted by molar-refractivity contribution is 5.94. The predicted molar refractivity (Wildman–Crippen MR) is 95.3 cm³/mol. The number of carbonyl (C=O) groups excluding carboxylic acids is 1. The number of fused-ring (bicyclic) bond motifs is 1. The van der Waals surface area contributed by atoms with Crippen molar-refractivity contribution in [1.29, 1.82) is 0 Å². The molecule has 0 fully saturated rings. The Morgan fingerprint density at radius 2 is 2.16 bits per heavy atom. The predicted octanol–water partition coefficient (Wildman–Crippen LogP) is 3.36. The number of hydrogen-bond acceptors (Lipinski definition) is 4. The number of aromatic nitrogens is 3. The average molecular weight is 344 g/mol. The Morgan fingerprint density at radius 1 is 1.44 bits per heavy atom. The molecule has 6 heteroatoms. The molecule has 0 spiro atoms. The van der Waals surface area contributed by atoms with Crippen molar-refractivity contribution in [3.05, 3.63) is 34.5 Å². The summed E-state index contributed by atoms with van der Waals surface area (Å²) in [5.74, 6) is 1.23. The Labute approximate surface area is 149 Å². The smallest absolute Gasteiger partial charge is 0.274 e. The van der Waals surface area contributed by atoms with Gasteiger partial charge in [0.25, 0.3) is 5.91 Å². The van der Waals surface area contributed by atoms with Crippen LogP contribution in [0.2, 0.25) is 0 Å². The van der Waals surface area contributed by atoms with Crippen LogP contribution in [-0.2, 0) is 19.9 Å². The average Bonchev–Trinajstić information content (AvgIpc) is 3.10. The molecular formula is C19H28N4O2. The number of hydrogen-bond donors (Lipinski definition) is 1. The molecule has 25 heavy (non-hydrogen) atoms. The molecule has 2 aromatic rings. The number of amides is 1. The van der Waals surface area contributed by atoms with Crippen LogP contribution in [0.25, 0.3) is 0 Å². The van der Waals surface area contributed by atoms with Crippen LogP contribution in [0.4, 0.5) is 0 Å². The lowest BCUT2D eigenvalue weighted by atomic mass is 9.71. The molecule has 0 saturated heterocycles. The van der Waals surface area contributed by atoms with Gasteiger partial charge < -0.3 is 9.84 Å². The number of nitrogens with zero attached hydrogens (tertiary/aromatic N) is 3. The standard InChI is InChI=1S/C19H28N4O2/c1-11(15-10-20-23(6)12(15)2)21-18(24)17-14-9-13(19(3,4)5)7-8-16(14)25-22-17/h10-11,13H,7-9H2,1-6H3,(H,21,24). The van der Waals surface area contributed by atoms with Crippen LogP contribution in [-0.4, -0.2) is 20.8 Å². The Balaban J connectivity index is 1.78. The van der Waals surface area contributed by atoms with Gasteiger partial charge in [-0.2, -0.15) is 5.10 Å². The lowest BCUT2D eigenvalue weighted by molar-refractivity contribution is 0.0929. The summed E-state index contributed by atoms with van der Waals surface area (Å²) in [4.78, 5) is 12.8. The highest BCUT2D eigenvalue weighted by atomic mass is 16.5. The highest BCUT2D eigenvalue weighted by Crippen LogP contribution is 2.38. The van der Waals surface area contributed by atoms with E-state index in [1.807, 2.05) is 25.6 Å². The van der Waals surface area contributed by atoms with Crippen molar-refractivity contribution in [2.75, 3.05) is 0 Å². The second-order valence-corrected chi connectivity index (χ2v) is 8.24. The number of carbonyl (C=O) groups is 1. The highest BCUT2D eigenvalue weighted by Gasteiger charge is 2.34. The van der Waals surface area contributed by atoms with Gasteiger partial charge in [-0.25, -0.2) is 0 Å². The Hall–Kier alpha value is -2.11. The van der Waals surface area contributed by atoms with E-state index in [0.717, 1.165) is 41.8 Å². The number of nitrogens with one attached hydrogen (secondary N) is 1. The summed E-state index contributed by atoms with van der Waals surface area (Å²) in [5, 5.41) is 11.4. The normalized spacial score (nSPS) is 18.7. The van der Waals surface area contributed by atoms with E-state index < -0.39 is 0 Å². The molecule has 3 rings (SSSR count). The summed E-state index contributed by atoms with van der Waals surface area (Å²) in [7, 11) is 1.90. The first-order chi connectivity index (χ1) is 11.7. The number of rotatable bonds is 3. The maximum Gasteiger partial charge on any atom is 0.274 e. The quantitative estimate of drug-likeness (QED) is 0.926. The largest absolute Gasteiger partial charge is 0.360 e. The zero-order valence-corrected chi connectivity index (χ0v) is 16.0. The van der Waals surface area contributed by atoms with Crippen LogP contribution in [0.1, 0.15) is 73.2 Å². The Morgan fingerprint density at radius 3 is 2.76 bits per heavy atom. The first kappa shape index (κ1) is 17.7. The fraction of sp³-hybridized carbons (Fsp3) is 0.632. The van der Waals surface area contributed by atoms with E-state index in [1.54, 1.807) is 6.20 Å². The topological polar surface area (TPSA) is 73.0 Å². The molecule has 0 aromatic carbocycles. The summed E-state index contributed by atoms with van der Waals surface area (Å²) < 4.78 is 7.27. The number of aryl methyl sites for hydroxylation is 2. The molecule has 1 aliphatic rings.